The van der Waals surface area contributed by atoms with Crippen LogP contribution in [-0.2, 0) is 9.30 Å². The molecule has 1 N–H and O–H groups in total. The lowest BCUT2D eigenvalue weighted by atomic mass is 10.3. The van der Waals surface area contributed by atoms with E-state index in [1.807, 2.05) is 0 Å². The molecular weight excluding hydrogens is 282 g/mol. The average Bonchev–Trinajstić information content (AvgIpc) is 2.79. The van der Waals surface area contributed by atoms with E-state index >= 15 is 0 Å². The minimum Gasteiger partial charge on any atom is -0.834 e. The van der Waals surface area contributed by atoms with E-state index in [9.17, 15) is 19.0 Å². The van der Waals surface area contributed by atoms with E-state index in [0.717, 1.165) is 0 Å². The predicted molar refractivity (Wildman–Crippen MR) is 72.0 cm³/mol. The number of hydrogen-bond donors (Lipinski definition) is 1. The third-order valence-corrected chi connectivity index (χ3v) is 3.83. The molecule has 0 saturated carbocycles. The fourth-order valence-electron chi connectivity index (χ4n) is 1.89. The summed E-state index contributed by atoms with van der Waals surface area (Å²) in [6.45, 7) is 1.58. The van der Waals surface area contributed by atoms with Crippen LogP contribution in [0.1, 0.15) is 18.2 Å². The predicted octanol–water partition coefficient (Wildman–Crippen LogP) is -0.589. The van der Waals surface area contributed by atoms with Gasteiger partial charge >= 0.3 is 5.69 Å². The number of aryl methyl sites for hydroxylation is 1. The maximum atomic E-state index is 11.7. The monoisotopic (exact) mass is 295 g/mol. The highest BCUT2D eigenvalue weighted by atomic mass is 31.2. The van der Waals surface area contributed by atoms with E-state index in [0.29, 0.717) is 5.56 Å². The summed E-state index contributed by atoms with van der Waals surface area (Å²) in [4.78, 5) is 36.0. The Kier molecular flexibility index (Phi) is 4.18. The fraction of sp³-hybridized carbons (Fsp3) is 0.455. The fourth-order valence-corrected chi connectivity index (χ4v) is 2.51. The van der Waals surface area contributed by atoms with Crippen molar-refractivity contribution in [2.24, 2.45) is 0 Å². The van der Waals surface area contributed by atoms with Crippen molar-refractivity contribution in [1.82, 2.24) is 9.55 Å². The number of nitrogens with one attached hydrogen (secondary N) is 1. The molecule has 20 heavy (non-hydrogen) atoms. The molecule has 1 unspecified atom stereocenters. The summed E-state index contributed by atoms with van der Waals surface area (Å²) in [6.07, 6.45) is 3.68. The van der Waals surface area contributed by atoms with Crippen LogP contribution in [0.4, 0.5) is 0 Å². The molecule has 1 aromatic rings. The number of rotatable bonds is 4. The number of aromatic nitrogens is 2. The molecule has 0 amide bonds. The highest BCUT2D eigenvalue weighted by Gasteiger charge is 2.21. The van der Waals surface area contributed by atoms with Crippen LogP contribution in [0.2, 0.25) is 0 Å². The topological polar surface area (TPSA) is 104 Å². The number of hydrogen-bond acceptors (Lipinski definition) is 5. The normalized spacial score (nSPS) is 24.8. The summed E-state index contributed by atoms with van der Waals surface area (Å²) in [6, 6.07) is 0. The second kappa shape index (κ2) is 5.56. The number of aromatic amines is 1. The van der Waals surface area contributed by atoms with Crippen LogP contribution in [0.5, 0.6) is 0 Å². The van der Waals surface area contributed by atoms with Gasteiger partial charge in [0, 0.05) is 11.8 Å². The first-order valence-electron chi connectivity index (χ1n) is 6.01. The largest absolute Gasteiger partial charge is 0.834 e. The zero-order valence-corrected chi connectivity index (χ0v) is 11.7. The first-order chi connectivity index (χ1) is 9.26. The smallest absolute Gasteiger partial charge is 0.330 e. The molecule has 9 heteroatoms. The molecular formula is C11H13BN2O5P-2. The maximum absolute atomic E-state index is 11.7. The molecule has 3 atom stereocenters. The first kappa shape index (κ1) is 15.0. The third kappa shape index (κ3) is 3.59. The van der Waals surface area contributed by atoms with Crippen LogP contribution < -0.4 is 16.1 Å². The molecule has 0 spiro atoms. The Morgan fingerprint density at radius 3 is 2.85 bits per heavy atom. The van der Waals surface area contributed by atoms with E-state index in [1.165, 1.54) is 10.8 Å². The van der Waals surface area contributed by atoms with Crippen molar-refractivity contribution in [3.05, 3.63) is 44.8 Å². The van der Waals surface area contributed by atoms with E-state index < -0.39 is 30.8 Å². The summed E-state index contributed by atoms with van der Waals surface area (Å²) >= 11 is 0. The van der Waals surface area contributed by atoms with Gasteiger partial charge < -0.3 is 21.8 Å². The molecule has 0 aromatic carbocycles. The van der Waals surface area contributed by atoms with Gasteiger partial charge in [-0.3, -0.25) is 14.3 Å². The Balaban J connectivity index is 2.09. The van der Waals surface area contributed by atoms with Crippen molar-refractivity contribution >= 4 is 14.8 Å². The van der Waals surface area contributed by atoms with Crippen LogP contribution >= 0.6 is 7.25 Å². The van der Waals surface area contributed by atoms with Crippen LogP contribution in [0.25, 0.3) is 0 Å². The SMILES string of the molecule is [B-]P(=O)([O-])CC[C@@H]1C=C[C@H](n2cc(C)c(=O)[nH]c2=O)O1. The quantitative estimate of drug-likeness (QED) is 0.454. The molecule has 0 saturated heterocycles. The summed E-state index contributed by atoms with van der Waals surface area (Å²) in [5.74, 6) is 0. The highest BCUT2D eigenvalue weighted by molar-refractivity contribution is 7.81. The lowest BCUT2D eigenvalue weighted by molar-refractivity contribution is -0.169. The van der Waals surface area contributed by atoms with Gasteiger partial charge in [-0.05, 0) is 25.6 Å². The van der Waals surface area contributed by atoms with E-state index in [2.05, 4.69) is 4.98 Å². The Bertz CT molecular complexity index is 689. The molecule has 107 valence electrons. The molecule has 3 radical (unpaired) electrons. The van der Waals surface area contributed by atoms with Gasteiger partial charge in [0.15, 0.2) is 6.23 Å². The van der Waals surface area contributed by atoms with Gasteiger partial charge in [0.1, 0.15) is 0 Å². The first-order valence-corrected chi connectivity index (χ1v) is 7.89. The summed E-state index contributed by atoms with van der Waals surface area (Å²) in [5, 5.41) is 0. The van der Waals surface area contributed by atoms with Gasteiger partial charge in [-0.2, -0.15) is 0 Å². The second-order valence-electron chi connectivity index (χ2n) is 4.67. The van der Waals surface area contributed by atoms with Gasteiger partial charge in [-0.25, -0.2) is 12.0 Å². The number of nitrogens with zero attached hydrogens (tertiary/aromatic N) is 1. The molecule has 7 nitrogen and oxygen atoms in total. The molecule has 2 rings (SSSR count). The van der Waals surface area contributed by atoms with Crippen molar-refractivity contribution in [2.45, 2.75) is 25.7 Å². The van der Waals surface area contributed by atoms with Crippen molar-refractivity contribution in [2.75, 3.05) is 6.16 Å². The maximum Gasteiger partial charge on any atom is 0.330 e. The summed E-state index contributed by atoms with van der Waals surface area (Å²) in [5.41, 5.74) is -0.638. The van der Waals surface area contributed by atoms with E-state index in [1.54, 1.807) is 19.1 Å². The van der Waals surface area contributed by atoms with Gasteiger partial charge in [0.05, 0.1) is 6.10 Å². The Morgan fingerprint density at radius 1 is 1.50 bits per heavy atom. The standard InChI is InChI=1S/C11H14BN2O5P/c1-7-6-14(11(16)13-10(7)15)9-3-2-8(19-9)4-5-20(12,17)18/h2-3,6,8-9H,4-5H2,1H3,(H,17,18)(H,13,15,16)/q-1/p-1/t8-,9+/m0/s1. The lowest BCUT2D eigenvalue weighted by Gasteiger charge is -2.33. The highest BCUT2D eigenvalue weighted by Crippen LogP contribution is 2.32. The van der Waals surface area contributed by atoms with Crippen LogP contribution in [0.15, 0.2) is 27.9 Å². The Labute approximate surface area is 116 Å². The number of H-pyrrole nitrogens is 1. The Morgan fingerprint density at radius 2 is 2.20 bits per heavy atom. The molecule has 0 bridgehead atoms. The van der Waals surface area contributed by atoms with Crippen LogP contribution in [0, 0.1) is 6.92 Å². The van der Waals surface area contributed by atoms with Gasteiger partial charge in [-0.15, -0.1) is 0 Å². The minimum atomic E-state index is -3.81. The van der Waals surface area contributed by atoms with Crippen molar-refractivity contribution in [3.63, 3.8) is 0 Å². The van der Waals surface area contributed by atoms with E-state index in [4.69, 9.17) is 12.3 Å². The molecule has 1 aromatic heterocycles. The van der Waals surface area contributed by atoms with Crippen LogP contribution in [-0.4, -0.2) is 29.4 Å². The third-order valence-electron chi connectivity index (χ3n) is 2.95. The molecule has 0 fully saturated rings. The Hall–Kier alpha value is -1.37. The van der Waals surface area contributed by atoms with E-state index in [-0.39, 0.29) is 12.6 Å². The second-order valence-corrected chi connectivity index (χ2v) is 6.57. The zero-order chi connectivity index (χ0) is 14.9. The molecule has 0 aliphatic carbocycles. The van der Waals surface area contributed by atoms with Crippen molar-refractivity contribution in [3.8, 4) is 0 Å². The minimum absolute atomic E-state index is 0.172. The van der Waals surface area contributed by atoms with Crippen molar-refractivity contribution < 1.29 is 14.2 Å². The van der Waals surface area contributed by atoms with Crippen molar-refractivity contribution in [1.29, 1.82) is 0 Å². The molecule has 2 heterocycles. The van der Waals surface area contributed by atoms with Gasteiger partial charge in [0.25, 0.3) is 5.56 Å². The zero-order valence-electron chi connectivity index (χ0n) is 10.8. The summed E-state index contributed by atoms with van der Waals surface area (Å²) in [7, 11) is 1.13. The van der Waals surface area contributed by atoms with Crippen LogP contribution in [0.3, 0.4) is 0 Å². The summed E-state index contributed by atoms with van der Waals surface area (Å²) < 4.78 is 17.7. The number of ether oxygens (including phenoxy) is 1. The van der Waals surface area contributed by atoms with Gasteiger partial charge in [0.2, 0.25) is 0 Å². The molecule has 1 aliphatic rings. The molecule has 1 aliphatic heterocycles. The lowest BCUT2D eigenvalue weighted by Crippen LogP contribution is -2.33. The average molecular weight is 295 g/mol. The van der Waals surface area contributed by atoms with Gasteiger partial charge in [-0.1, -0.05) is 6.08 Å².